The Morgan fingerprint density at radius 1 is 1.38 bits per heavy atom. The Kier molecular flexibility index (Phi) is 4.44. The summed E-state index contributed by atoms with van der Waals surface area (Å²) in [6.07, 6.45) is 0.961. The first-order chi connectivity index (χ1) is 9.93. The Hall–Kier alpha value is -2.12. The van der Waals surface area contributed by atoms with Crippen LogP contribution in [-0.4, -0.2) is 37.5 Å². The molecule has 1 heterocycles. The number of nitrogens with one attached hydrogen (secondary N) is 1. The minimum atomic E-state index is -1.20. The number of aliphatic hydroxyl groups is 1. The van der Waals surface area contributed by atoms with Crippen molar-refractivity contribution in [3.63, 3.8) is 0 Å². The Morgan fingerprint density at radius 2 is 2.10 bits per heavy atom. The first-order valence-corrected chi connectivity index (χ1v) is 6.50. The maximum absolute atomic E-state index is 11.2. The Morgan fingerprint density at radius 3 is 2.67 bits per heavy atom. The summed E-state index contributed by atoms with van der Waals surface area (Å²) in [5.41, 5.74) is 1.56. The summed E-state index contributed by atoms with van der Waals surface area (Å²) < 4.78 is 0. The lowest BCUT2D eigenvalue weighted by atomic mass is 9.92. The number of nitrogens with zero attached hydrogens (tertiary/aromatic N) is 1. The van der Waals surface area contributed by atoms with Gasteiger partial charge in [-0.15, -0.1) is 0 Å². The highest BCUT2D eigenvalue weighted by atomic mass is 35.5. The summed E-state index contributed by atoms with van der Waals surface area (Å²) in [5.74, 6) is -3.48. The molecule has 0 bridgehead atoms. The zero-order chi connectivity index (χ0) is 15.6. The first kappa shape index (κ1) is 15.3. The molecule has 1 aromatic heterocycles. The lowest BCUT2D eigenvalue weighted by molar-refractivity contribution is -0.148. The lowest BCUT2D eigenvalue weighted by Gasteiger charge is -2.14. The van der Waals surface area contributed by atoms with Gasteiger partial charge in [0.1, 0.15) is 0 Å². The number of hydrogen-bond donors (Lipinski definition) is 4. The second kappa shape index (κ2) is 6.11. The third-order valence-corrected chi connectivity index (χ3v) is 3.58. The average molecular weight is 313 g/mol. The molecule has 0 aliphatic rings. The number of rotatable bonds is 6. The summed E-state index contributed by atoms with van der Waals surface area (Å²) in [4.78, 5) is 21.9. The largest absolute Gasteiger partial charge is 0.481 e. The number of benzene rings is 1. The smallest absolute Gasteiger partial charge is 0.307 e. The van der Waals surface area contributed by atoms with Gasteiger partial charge >= 0.3 is 11.9 Å². The second-order valence-electron chi connectivity index (χ2n) is 4.65. The Balaban J connectivity index is 2.44. The third kappa shape index (κ3) is 3.14. The van der Waals surface area contributed by atoms with E-state index in [0.29, 0.717) is 27.1 Å². The van der Waals surface area contributed by atoms with Gasteiger partial charge < -0.3 is 15.3 Å². The molecule has 4 N–H and O–H groups in total. The number of aliphatic hydroxyl groups excluding tert-OH is 1. The van der Waals surface area contributed by atoms with Gasteiger partial charge in [-0.2, -0.15) is 5.10 Å². The molecule has 0 aliphatic heterocycles. The Labute approximate surface area is 124 Å². The van der Waals surface area contributed by atoms with Crippen molar-refractivity contribution in [1.29, 1.82) is 0 Å². The van der Waals surface area contributed by atoms with E-state index in [1.54, 1.807) is 0 Å². The van der Waals surface area contributed by atoms with Gasteiger partial charge in [-0.05, 0) is 23.6 Å². The molecule has 7 nitrogen and oxygen atoms in total. The van der Waals surface area contributed by atoms with Gasteiger partial charge in [0.05, 0.1) is 35.7 Å². The quantitative estimate of drug-likeness (QED) is 0.639. The molecule has 0 amide bonds. The average Bonchev–Trinajstić information content (AvgIpc) is 2.87. The molecule has 1 atom stereocenters. The molecule has 1 unspecified atom stereocenters. The van der Waals surface area contributed by atoms with Crippen molar-refractivity contribution in [3.8, 4) is 0 Å². The molecule has 0 aliphatic carbocycles. The molecule has 2 aromatic rings. The molecule has 0 fully saturated rings. The van der Waals surface area contributed by atoms with Crippen LogP contribution >= 0.6 is 11.6 Å². The molecule has 1 aromatic carbocycles. The number of H-pyrrole nitrogens is 1. The summed E-state index contributed by atoms with van der Waals surface area (Å²) in [6, 6.07) is 1.53. The van der Waals surface area contributed by atoms with E-state index in [0.717, 1.165) is 0 Å². The van der Waals surface area contributed by atoms with Gasteiger partial charge in [-0.25, -0.2) is 0 Å². The molecule has 112 valence electrons. The first-order valence-electron chi connectivity index (χ1n) is 6.12. The predicted octanol–water partition coefficient (Wildman–Crippen LogP) is 1.43. The third-order valence-electron chi connectivity index (χ3n) is 3.29. The van der Waals surface area contributed by atoms with Crippen LogP contribution in [0.25, 0.3) is 10.9 Å². The number of fused-ring (bicyclic) bond motifs is 1. The van der Waals surface area contributed by atoms with Gasteiger partial charge in [-0.1, -0.05) is 11.6 Å². The monoisotopic (exact) mass is 312 g/mol. The van der Waals surface area contributed by atoms with Gasteiger partial charge in [-0.3, -0.25) is 14.7 Å². The van der Waals surface area contributed by atoms with Crippen LogP contribution in [0.15, 0.2) is 12.3 Å². The summed E-state index contributed by atoms with van der Waals surface area (Å²) >= 11 is 6.08. The summed E-state index contributed by atoms with van der Waals surface area (Å²) in [7, 11) is 0. The van der Waals surface area contributed by atoms with E-state index < -0.39 is 24.3 Å². The number of carboxylic acids is 2. The van der Waals surface area contributed by atoms with Crippen LogP contribution in [-0.2, 0) is 22.6 Å². The number of hydrogen-bond acceptors (Lipinski definition) is 4. The molecule has 0 saturated carbocycles. The van der Waals surface area contributed by atoms with E-state index in [-0.39, 0.29) is 13.0 Å². The van der Waals surface area contributed by atoms with Gasteiger partial charge in [0, 0.05) is 5.39 Å². The molecule has 8 heteroatoms. The number of halogens is 1. The van der Waals surface area contributed by atoms with E-state index in [9.17, 15) is 14.7 Å². The summed E-state index contributed by atoms with van der Waals surface area (Å²) in [6.45, 7) is -0.318. The van der Waals surface area contributed by atoms with E-state index in [4.69, 9.17) is 21.8 Å². The standard InChI is InChI=1S/C13H13ClN2O5/c14-10-2-6(1-7(13(20)21)3-11(18)19)9(5-17)8-4-15-16-12(8)10/h2,4,7,17H,1,3,5H2,(H,15,16)(H,18,19)(H,20,21). The zero-order valence-corrected chi connectivity index (χ0v) is 11.6. The molecular formula is C13H13ClN2O5. The molecular weight excluding hydrogens is 300 g/mol. The molecule has 0 saturated heterocycles. The van der Waals surface area contributed by atoms with Crippen LogP contribution in [0.3, 0.4) is 0 Å². The van der Waals surface area contributed by atoms with Crippen molar-refractivity contribution in [2.45, 2.75) is 19.4 Å². The van der Waals surface area contributed by atoms with Crippen molar-refractivity contribution in [3.05, 3.63) is 28.4 Å². The van der Waals surface area contributed by atoms with Crippen molar-refractivity contribution < 1.29 is 24.9 Å². The maximum Gasteiger partial charge on any atom is 0.307 e. The van der Waals surface area contributed by atoms with Crippen LogP contribution in [0.2, 0.25) is 5.02 Å². The number of carbonyl (C=O) groups is 2. The van der Waals surface area contributed by atoms with Gasteiger partial charge in [0.25, 0.3) is 0 Å². The van der Waals surface area contributed by atoms with E-state index in [1.165, 1.54) is 12.3 Å². The number of carboxylic acid groups (broad SMARTS) is 2. The van der Waals surface area contributed by atoms with Crippen LogP contribution in [0.1, 0.15) is 17.5 Å². The highest BCUT2D eigenvalue weighted by molar-refractivity contribution is 6.35. The van der Waals surface area contributed by atoms with Crippen molar-refractivity contribution in [2.24, 2.45) is 5.92 Å². The Bertz CT molecular complexity index is 697. The highest BCUT2D eigenvalue weighted by Crippen LogP contribution is 2.30. The minimum absolute atomic E-state index is 0.0294. The fourth-order valence-electron chi connectivity index (χ4n) is 2.27. The van der Waals surface area contributed by atoms with Crippen LogP contribution < -0.4 is 0 Å². The maximum atomic E-state index is 11.2. The predicted molar refractivity (Wildman–Crippen MR) is 74.1 cm³/mol. The van der Waals surface area contributed by atoms with Gasteiger partial charge in [0.15, 0.2) is 0 Å². The van der Waals surface area contributed by atoms with E-state index in [1.807, 2.05) is 0 Å². The molecule has 0 spiro atoms. The molecule has 2 rings (SSSR count). The summed E-state index contributed by atoms with van der Waals surface area (Å²) in [5, 5.41) is 34.9. The topological polar surface area (TPSA) is 124 Å². The SMILES string of the molecule is O=C(O)CC(Cc1cc(Cl)c2[nH]ncc2c1CO)C(=O)O. The van der Waals surface area contributed by atoms with Crippen LogP contribution in [0.4, 0.5) is 0 Å². The van der Waals surface area contributed by atoms with E-state index in [2.05, 4.69) is 10.2 Å². The highest BCUT2D eigenvalue weighted by Gasteiger charge is 2.24. The molecule has 21 heavy (non-hydrogen) atoms. The van der Waals surface area contributed by atoms with Crippen molar-refractivity contribution >= 4 is 34.4 Å². The van der Waals surface area contributed by atoms with Gasteiger partial charge in [0.2, 0.25) is 0 Å². The van der Waals surface area contributed by atoms with Crippen molar-refractivity contribution in [2.75, 3.05) is 0 Å². The molecule has 0 radical (unpaired) electrons. The van der Waals surface area contributed by atoms with Crippen LogP contribution in [0, 0.1) is 5.92 Å². The number of aromatic nitrogens is 2. The second-order valence-corrected chi connectivity index (χ2v) is 5.06. The minimum Gasteiger partial charge on any atom is -0.481 e. The normalized spacial score (nSPS) is 12.5. The number of aromatic amines is 1. The van der Waals surface area contributed by atoms with E-state index >= 15 is 0 Å². The fourth-order valence-corrected chi connectivity index (χ4v) is 2.55. The van der Waals surface area contributed by atoms with Crippen LogP contribution in [0.5, 0.6) is 0 Å². The fraction of sp³-hybridized carbons (Fsp3) is 0.308. The van der Waals surface area contributed by atoms with Crippen molar-refractivity contribution in [1.82, 2.24) is 10.2 Å². The lowest BCUT2D eigenvalue weighted by Crippen LogP contribution is -2.20. The zero-order valence-electron chi connectivity index (χ0n) is 10.8. The number of aliphatic carboxylic acids is 2.